The Labute approximate surface area is 136 Å². The Kier molecular flexibility index (Phi) is 4.73. The molecular formula is C17H23N3O3. The molecule has 124 valence electrons. The molecule has 0 saturated carbocycles. The fourth-order valence-electron chi connectivity index (χ4n) is 2.19. The van der Waals surface area contributed by atoms with Crippen molar-refractivity contribution < 1.29 is 14.3 Å². The second kappa shape index (κ2) is 6.40. The van der Waals surface area contributed by atoms with Crippen LogP contribution in [0.15, 0.2) is 46.4 Å². The second-order valence-corrected chi connectivity index (χ2v) is 6.57. The highest BCUT2D eigenvalue weighted by Crippen LogP contribution is 2.33. The van der Waals surface area contributed by atoms with Gasteiger partial charge in [-0.15, -0.1) is 10.2 Å². The van der Waals surface area contributed by atoms with Gasteiger partial charge in [-0.05, 0) is 38.8 Å². The van der Waals surface area contributed by atoms with Crippen LogP contribution in [0.4, 0.5) is 0 Å². The molecule has 0 aromatic heterocycles. The highest BCUT2D eigenvalue weighted by molar-refractivity contribution is 5.76. The Morgan fingerprint density at radius 3 is 2.57 bits per heavy atom. The predicted octanol–water partition coefficient (Wildman–Crippen LogP) is 3.18. The molecule has 1 aliphatic rings. The quantitative estimate of drug-likeness (QED) is 0.845. The average molecular weight is 317 g/mol. The standard InChI is InChI=1S/C17H23N3O3/c1-16(2,3)15(21)23-17(11-14(18)19-20-17)10-9-12-7-5-6-8-13(12)22-4/h5-8,11H,9-10,18H2,1-4H3. The molecule has 1 aromatic carbocycles. The summed E-state index contributed by atoms with van der Waals surface area (Å²) < 4.78 is 11.0. The Morgan fingerprint density at radius 1 is 1.30 bits per heavy atom. The lowest BCUT2D eigenvalue weighted by Crippen LogP contribution is -2.35. The molecule has 0 bridgehead atoms. The monoisotopic (exact) mass is 317 g/mol. The minimum Gasteiger partial charge on any atom is -0.496 e. The first-order chi connectivity index (χ1) is 10.8. The number of methoxy groups -OCH3 is 1. The van der Waals surface area contributed by atoms with E-state index in [0.717, 1.165) is 11.3 Å². The van der Waals surface area contributed by atoms with Gasteiger partial charge < -0.3 is 15.2 Å². The van der Waals surface area contributed by atoms with Gasteiger partial charge in [-0.3, -0.25) is 4.79 Å². The SMILES string of the molecule is COc1ccccc1CCC1(OC(=O)C(C)(C)C)C=C(N)N=N1. The summed E-state index contributed by atoms with van der Waals surface area (Å²) in [5.41, 5.74) is 4.94. The molecule has 1 unspecified atom stereocenters. The number of para-hydroxylation sites is 1. The minimum atomic E-state index is -1.14. The van der Waals surface area contributed by atoms with Crippen molar-refractivity contribution in [1.29, 1.82) is 0 Å². The van der Waals surface area contributed by atoms with E-state index in [1.807, 2.05) is 24.3 Å². The first-order valence-electron chi connectivity index (χ1n) is 7.52. The molecule has 2 rings (SSSR count). The third kappa shape index (κ3) is 4.09. The number of hydrogen-bond donors (Lipinski definition) is 1. The van der Waals surface area contributed by atoms with Crippen LogP contribution >= 0.6 is 0 Å². The van der Waals surface area contributed by atoms with Crippen LogP contribution in [-0.2, 0) is 16.0 Å². The van der Waals surface area contributed by atoms with E-state index in [9.17, 15) is 4.79 Å². The van der Waals surface area contributed by atoms with E-state index < -0.39 is 11.1 Å². The third-order valence-corrected chi connectivity index (χ3v) is 3.54. The molecule has 1 atom stereocenters. The molecule has 6 heteroatoms. The Hall–Kier alpha value is -2.37. The van der Waals surface area contributed by atoms with Gasteiger partial charge in [-0.1, -0.05) is 18.2 Å². The van der Waals surface area contributed by atoms with Gasteiger partial charge in [0, 0.05) is 12.5 Å². The maximum Gasteiger partial charge on any atom is 0.313 e. The van der Waals surface area contributed by atoms with Crippen LogP contribution < -0.4 is 10.5 Å². The number of nitrogens with zero attached hydrogens (tertiary/aromatic N) is 2. The second-order valence-electron chi connectivity index (χ2n) is 6.57. The maximum absolute atomic E-state index is 12.2. The zero-order valence-electron chi connectivity index (χ0n) is 14.0. The number of carbonyl (C=O) groups excluding carboxylic acids is 1. The molecule has 1 heterocycles. The number of esters is 1. The molecule has 1 aromatic rings. The van der Waals surface area contributed by atoms with E-state index in [1.54, 1.807) is 34.0 Å². The number of nitrogens with two attached hydrogens (primary N) is 1. The number of carbonyl (C=O) groups is 1. The Balaban J connectivity index is 2.18. The summed E-state index contributed by atoms with van der Waals surface area (Å²) in [7, 11) is 1.63. The van der Waals surface area contributed by atoms with Gasteiger partial charge in [-0.2, -0.15) is 0 Å². The van der Waals surface area contributed by atoms with Gasteiger partial charge in [0.05, 0.1) is 12.5 Å². The summed E-state index contributed by atoms with van der Waals surface area (Å²) in [4.78, 5) is 12.2. The molecule has 0 fully saturated rings. The minimum absolute atomic E-state index is 0.256. The predicted molar refractivity (Wildman–Crippen MR) is 86.7 cm³/mol. The largest absolute Gasteiger partial charge is 0.496 e. The van der Waals surface area contributed by atoms with Crippen molar-refractivity contribution in [3.63, 3.8) is 0 Å². The van der Waals surface area contributed by atoms with Crippen molar-refractivity contribution in [2.75, 3.05) is 7.11 Å². The number of hydrogen-bond acceptors (Lipinski definition) is 6. The van der Waals surface area contributed by atoms with Gasteiger partial charge in [0.2, 0.25) is 5.72 Å². The van der Waals surface area contributed by atoms with Crippen molar-refractivity contribution in [2.45, 2.75) is 39.3 Å². The molecule has 6 nitrogen and oxygen atoms in total. The van der Waals surface area contributed by atoms with Crippen molar-refractivity contribution in [3.05, 3.63) is 41.7 Å². The number of benzene rings is 1. The molecular weight excluding hydrogens is 294 g/mol. The molecule has 0 aliphatic carbocycles. The van der Waals surface area contributed by atoms with Crippen LogP contribution in [-0.4, -0.2) is 18.8 Å². The topological polar surface area (TPSA) is 86.3 Å². The average Bonchev–Trinajstić information content (AvgIpc) is 2.86. The van der Waals surface area contributed by atoms with Crippen LogP contribution in [0.2, 0.25) is 0 Å². The van der Waals surface area contributed by atoms with Crippen molar-refractivity contribution in [3.8, 4) is 5.75 Å². The summed E-state index contributed by atoms with van der Waals surface area (Å²) >= 11 is 0. The number of aryl methyl sites for hydroxylation is 1. The van der Waals surface area contributed by atoms with E-state index in [4.69, 9.17) is 15.2 Å². The normalized spacial score (nSPS) is 20.3. The molecule has 0 spiro atoms. The van der Waals surface area contributed by atoms with E-state index in [2.05, 4.69) is 10.2 Å². The number of rotatable bonds is 5. The lowest BCUT2D eigenvalue weighted by molar-refractivity contribution is -0.165. The van der Waals surface area contributed by atoms with Crippen LogP contribution in [0.25, 0.3) is 0 Å². The van der Waals surface area contributed by atoms with Crippen LogP contribution in [0, 0.1) is 5.41 Å². The van der Waals surface area contributed by atoms with Gasteiger partial charge in [0.15, 0.2) is 0 Å². The smallest absolute Gasteiger partial charge is 0.313 e. The zero-order valence-corrected chi connectivity index (χ0v) is 14.0. The van der Waals surface area contributed by atoms with Crippen molar-refractivity contribution in [2.24, 2.45) is 21.4 Å². The Bertz CT molecular complexity index is 647. The molecule has 0 saturated heterocycles. The molecule has 23 heavy (non-hydrogen) atoms. The summed E-state index contributed by atoms with van der Waals surface area (Å²) in [5.74, 6) is 0.700. The van der Waals surface area contributed by atoms with Gasteiger partial charge in [0.25, 0.3) is 0 Å². The van der Waals surface area contributed by atoms with Crippen LogP contribution in [0.3, 0.4) is 0 Å². The van der Waals surface area contributed by atoms with Gasteiger partial charge in [-0.25, -0.2) is 0 Å². The summed E-state index contributed by atoms with van der Waals surface area (Å²) in [6.45, 7) is 5.38. The summed E-state index contributed by atoms with van der Waals surface area (Å²) in [6.07, 6.45) is 2.65. The maximum atomic E-state index is 12.2. The van der Waals surface area contributed by atoms with E-state index >= 15 is 0 Å². The fourth-order valence-corrected chi connectivity index (χ4v) is 2.19. The van der Waals surface area contributed by atoms with Gasteiger partial charge in [0.1, 0.15) is 11.6 Å². The fraction of sp³-hybridized carbons (Fsp3) is 0.471. The third-order valence-electron chi connectivity index (χ3n) is 3.54. The summed E-state index contributed by atoms with van der Waals surface area (Å²) in [6, 6.07) is 7.71. The zero-order chi connectivity index (χ0) is 17.1. The van der Waals surface area contributed by atoms with Crippen LogP contribution in [0.1, 0.15) is 32.8 Å². The molecule has 0 amide bonds. The number of ether oxygens (including phenoxy) is 2. The number of azo groups is 1. The van der Waals surface area contributed by atoms with Crippen molar-refractivity contribution >= 4 is 5.97 Å². The van der Waals surface area contributed by atoms with E-state index in [0.29, 0.717) is 12.8 Å². The lowest BCUT2D eigenvalue weighted by atomic mass is 9.96. The Morgan fingerprint density at radius 2 is 2.00 bits per heavy atom. The van der Waals surface area contributed by atoms with Crippen molar-refractivity contribution in [1.82, 2.24) is 0 Å². The molecule has 0 radical (unpaired) electrons. The molecule has 1 aliphatic heterocycles. The lowest BCUT2D eigenvalue weighted by Gasteiger charge is -2.27. The van der Waals surface area contributed by atoms with E-state index in [-0.39, 0.29) is 11.8 Å². The van der Waals surface area contributed by atoms with E-state index in [1.165, 1.54) is 0 Å². The first kappa shape index (κ1) is 17.0. The van der Waals surface area contributed by atoms with Crippen LogP contribution in [0.5, 0.6) is 5.75 Å². The highest BCUT2D eigenvalue weighted by atomic mass is 16.6. The first-order valence-corrected chi connectivity index (χ1v) is 7.52. The van der Waals surface area contributed by atoms with Gasteiger partial charge >= 0.3 is 5.97 Å². The molecule has 2 N–H and O–H groups in total. The highest BCUT2D eigenvalue weighted by Gasteiger charge is 2.39. The summed E-state index contributed by atoms with van der Waals surface area (Å²) in [5, 5.41) is 7.93.